The van der Waals surface area contributed by atoms with E-state index in [1.54, 1.807) is 20.4 Å². The average molecular weight is 369 g/mol. The van der Waals surface area contributed by atoms with Gasteiger partial charge in [0.1, 0.15) is 5.69 Å². The highest BCUT2D eigenvalue weighted by molar-refractivity contribution is 5.93. The van der Waals surface area contributed by atoms with Crippen molar-refractivity contribution >= 4 is 11.6 Å². The summed E-state index contributed by atoms with van der Waals surface area (Å²) in [7, 11) is 3.24. The summed E-state index contributed by atoms with van der Waals surface area (Å²) < 4.78 is 10.6. The summed E-state index contributed by atoms with van der Waals surface area (Å²) >= 11 is 0. The molecule has 0 atom stereocenters. The van der Waals surface area contributed by atoms with E-state index < -0.39 is 0 Å². The molecule has 1 saturated heterocycles. The van der Waals surface area contributed by atoms with Gasteiger partial charge >= 0.3 is 0 Å². The minimum absolute atomic E-state index is 0.0201. The summed E-state index contributed by atoms with van der Waals surface area (Å²) in [6, 6.07) is 9.51. The molecule has 6 heteroatoms. The molecule has 1 aromatic carbocycles. The predicted octanol–water partition coefficient (Wildman–Crippen LogP) is 3.73. The maximum atomic E-state index is 12.7. The Kier molecular flexibility index (Phi) is 6.52. The number of nitrogens with one attached hydrogen (secondary N) is 1. The first-order valence-corrected chi connectivity index (χ1v) is 9.41. The van der Waals surface area contributed by atoms with Crippen LogP contribution in [-0.2, 0) is 6.54 Å². The quantitative estimate of drug-likeness (QED) is 0.841. The van der Waals surface area contributed by atoms with Crippen molar-refractivity contribution in [3.05, 3.63) is 47.8 Å². The molecule has 0 saturated carbocycles. The molecule has 27 heavy (non-hydrogen) atoms. The van der Waals surface area contributed by atoms with Gasteiger partial charge in [-0.15, -0.1) is 0 Å². The van der Waals surface area contributed by atoms with Crippen molar-refractivity contribution in [3.63, 3.8) is 0 Å². The number of methoxy groups -OCH3 is 2. The zero-order valence-electron chi connectivity index (χ0n) is 16.0. The number of carbonyl (C=O) groups excluding carboxylic acids is 1. The fourth-order valence-electron chi connectivity index (χ4n) is 3.29. The Morgan fingerprint density at radius 3 is 2.48 bits per heavy atom. The molecule has 0 aliphatic carbocycles. The van der Waals surface area contributed by atoms with Crippen molar-refractivity contribution in [3.8, 4) is 11.5 Å². The molecule has 1 amide bonds. The molecule has 3 rings (SSSR count). The van der Waals surface area contributed by atoms with E-state index in [0.717, 1.165) is 37.2 Å². The molecule has 2 aromatic rings. The van der Waals surface area contributed by atoms with Crippen molar-refractivity contribution in [1.82, 2.24) is 9.88 Å². The molecular formula is C21H27N3O3. The topological polar surface area (TPSA) is 63.7 Å². The van der Waals surface area contributed by atoms with E-state index in [9.17, 15) is 4.79 Å². The number of ether oxygens (including phenoxy) is 2. The number of hydrogen-bond acceptors (Lipinski definition) is 5. The first kappa shape index (κ1) is 19.0. The fourth-order valence-corrected chi connectivity index (χ4v) is 3.29. The fraction of sp³-hybridized carbons (Fsp3) is 0.429. The molecule has 0 bridgehead atoms. The van der Waals surface area contributed by atoms with Crippen LogP contribution in [0.4, 0.5) is 5.69 Å². The number of aromatic nitrogens is 1. The molecule has 1 aliphatic rings. The average Bonchev–Trinajstić information content (AvgIpc) is 3.01. The van der Waals surface area contributed by atoms with Gasteiger partial charge in [-0.1, -0.05) is 18.9 Å². The molecular weight excluding hydrogens is 342 g/mol. The predicted molar refractivity (Wildman–Crippen MR) is 105 cm³/mol. The van der Waals surface area contributed by atoms with Gasteiger partial charge in [-0.05, 0) is 42.7 Å². The van der Waals surface area contributed by atoms with Gasteiger partial charge in [-0.2, -0.15) is 0 Å². The Balaban J connectivity index is 1.66. The highest BCUT2D eigenvalue weighted by Gasteiger charge is 2.18. The van der Waals surface area contributed by atoms with E-state index in [0.29, 0.717) is 23.7 Å². The van der Waals surface area contributed by atoms with E-state index in [4.69, 9.17) is 9.47 Å². The van der Waals surface area contributed by atoms with Crippen LogP contribution >= 0.6 is 0 Å². The second kappa shape index (κ2) is 9.26. The number of amides is 1. The van der Waals surface area contributed by atoms with Crippen LogP contribution < -0.4 is 14.8 Å². The molecule has 1 aliphatic heterocycles. The lowest BCUT2D eigenvalue weighted by Crippen LogP contribution is -2.32. The SMILES string of the molecule is COc1ccc(CNc2ccnc(C(=O)N3CCCCCC3)c2)cc1OC. The van der Waals surface area contributed by atoms with Crippen LogP contribution in [0, 0.1) is 0 Å². The normalized spacial score (nSPS) is 14.4. The van der Waals surface area contributed by atoms with E-state index in [1.165, 1.54) is 12.8 Å². The molecule has 1 fully saturated rings. The van der Waals surface area contributed by atoms with Crippen molar-refractivity contribution < 1.29 is 14.3 Å². The van der Waals surface area contributed by atoms with Gasteiger partial charge in [0.05, 0.1) is 14.2 Å². The zero-order valence-corrected chi connectivity index (χ0v) is 16.0. The number of pyridine rings is 1. The minimum Gasteiger partial charge on any atom is -0.493 e. The van der Waals surface area contributed by atoms with Gasteiger partial charge in [0.15, 0.2) is 11.5 Å². The van der Waals surface area contributed by atoms with Gasteiger partial charge in [-0.25, -0.2) is 0 Å². The molecule has 0 unspecified atom stereocenters. The Morgan fingerprint density at radius 1 is 1.04 bits per heavy atom. The lowest BCUT2D eigenvalue weighted by atomic mass is 10.2. The monoisotopic (exact) mass is 369 g/mol. The minimum atomic E-state index is 0.0201. The molecule has 1 N–H and O–H groups in total. The Bertz CT molecular complexity index is 771. The number of anilines is 1. The zero-order chi connectivity index (χ0) is 19.1. The third-order valence-electron chi connectivity index (χ3n) is 4.82. The van der Waals surface area contributed by atoms with Crippen LogP contribution in [0.25, 0.3) is 0 Å². The molecule has 1 aromatic heterocycles. The largest absolute Gasteiger partial charge is 0.493 e. The van der Waals surface area contributed by atoms with Crippen molar-refractivity contribution in [2.45, 2.75) is 32.2 Å². The summed E-state index contributed by atoms with van der Waals surface area (Å²) in [4.78, 5) is 18.9. The van der Waals surface area contributed by atoms with Crippen molar-refractivity contribution in [2.75, 3.05) is 32.6 Å². The van der Waals surface area contributed by atoms with Gasteiger partial charge in [0.25, 0.3) is 5.91 Å². The van der Waals surface area contributed by atoms with Crippen LogP contribution in [0.2, 0.25) is 0 Å². The Labute approximate surface area is 160 Å². The third-order valence-corrected chi connectivity index (χ3v) is 4.82. The number of carbonyl (C=O) groups is 1. The van der Waals surface area contributed by atoms with E-state index in [-0.39, 0.29) is 5.91 Å². The van der Waals surface area contributed by atoms with E-state index in [2.05, 4.69) is 10.3 Å². The van der Waals surface area contributed by atoms with Gasteiger partial charge in [0.2, 0.25) is 0 Å². The molecule has 144 valence electrons. The molecule has 2 heterocycles. The summed E-state index contributed by atoms with van der Waals surface area (Å²) in [6.07, 6.45) is 6.22. The van der Waals surface area contributed by atoms with Crippen LogP contribution in [0.1, 0.15) is 41.7 Å². The molecule has 0 spiro atoms. The number of benzene rings is 1. The number of hydrogen-bond donors (Lipinski definition) is 1. The summed E-state index contributed by atoms with van der Waals surface area (Å²) in [5.74, 6) is 1.42. The van der Waals surface area contributed by atoms with E-state index in [1.807, 2.05) is 35.2 Å². The Morgan fingerprint density at radius 2 is 1.78 bits per heavy atom. The van der Waals surface area contributed by atoms with Crippen molar-refractivity contribution in [2.24, 2.45) is 0 Å². The van der Waals surface area contributed by atoms with Crippen LogP contribution in [0.5, 0.6) is 11.5 Å². The first-order chi connectivity index (χ1) is 13.2. The second-order valence-corrected chi connectivity index (χ2v) is 6.68. The summed E-state index contributed by atoms with van der Waals surface area (Å²) in [5, 5.41) is 3.35. The number of likely N-dealkylation sites (tertiary alicyclic amines) is 1. The molecule has 6 nitrogen and oxygen atoms in total. The molecule has 0 radical (unpaired) electrons. The first-order valence-electron chi connectivity index (χ1n) is 9.41. The highest BCUT2D eigenvalue weighted by Crippen LogP contribution is 2.27. The lowest BCUT2D eigenvalue weighted by Gasteiger charge is -2.20. The van der Waals surface area contributed by atoms with Gasteiger partial charge in [0, 0.05) is 31.5 Å². The summed E-state index contributed by atoms with van der Waals surface area (Å²) in [5.41, 5.74) is 2.43. The maximum Gasteiger partial charge on any atom is 0.272 e. The van der Waals surface area contributed by atoms with Crippen LogP contribution in [0.3, 0.4) is 0 Å². The third kappa shape index (κ3) is 4.90. The van der Waals surface area contributed by atoms with Crippen LogP contribution in [0.15, 0.2) is 36.5 Å². The van der Waals surface area contributed by atoms with E-state index >= 15 is 0 Å². The highest BCUT2D eigenvalue weighted by atomic mass is 16.5. The standard InChI is InChI=1S/C21H27N3O3/c1-26-19-8-7-16(13-20(19)27-2)15-23-17-9-10-22-18(14-17)21(25)24-11-5-3-4-6-12-24/h7-10,13-14H,3-6,11-12,15H2,1-2H3,(H,22,23). The number of rotatable bonds is 6. The van der Waals surface area contributed by atoms with Gasteiger partial charge in [-0.3, -0.25) is 9.78 Å². The van der Waals surface area contributed by atoms with Crippen LogP contribution in [-0.4, -0.2) is 43.1 Å². The smallest absolute Gasteiger partial charge is 0.272 e. The van der Waals surface area contributed by atoms with Crippen molar-refractivity contribution in [1.29, 1.82) is 0 Å². The number of nitrogens with zero attached hydrogens (tertiary/aromatic N) is 2. The Hall–Kier alpha value is -2.76. The van der Waals surface area contributed by atoms with Gasteiger partial charge < -0.3 is 19.7 Å². The maximum absolute atomic E-state index is 12.7. The summed E-state index contributed by atoms with van der Waals surface area (Å²) in [6.45, 7) is 2.26. The second-order valence-electron chi connectivity index (χ2n) is 6.68. The lowest BCUT2D eigenvalue weighted by molar-refractivity contribution is 0.0756.